The highest BCUT2D eigenvalue weighted by molar-refractivity contribution is 5.76. The standard InChI is InChI=1S/C30H45N3O5/c1-30(2,3)38-29(36)33-15-9-23(10-16-33)21-27(34)31-17-11-25(12-18-31)26-13-19-32(20-14-26)28(35)37-22-24-7-5-4-6-8-24/h4-8,23,25-26H,9-22H2,1-3H3. The van der Waals surface area contributed by atoms with Crippen molar-refractivity contribution in [2.75, 3.05) is 39.3 Å². The normalized spacial score (nSPS) is 20.3. The van der Waals surface area contributed by atoms with Crippen LogP contribution in [-0.2, 0) is 20.9 Å². The molecule has 4 rings (SSSR count). The fourth-order valence-corrected chi connectivity index (χ4v) is 6.01. The molecule has 0 saturated carbocycles. The van der Waals surface area contributed by atoms with Crippen molar-refractivity contribution in [2.45, 2.75) is 77.9 Å². The maximum Gasteiger partial charge on any atom is 0.410 e. The van der Waals surface area contributed by atoms with Crippen LogP contribution in [0.3, 0.4) is 0 Å². The van der Waals surface area contributed by atoms with Crippen molar-refractivity contribution in [3.05, 3.63) is 35.9 Å². The monoisotopic (exact) mass is 527 g/mol. The Balaban J connectivity index is 1.11. The van der Waals surface area contributed by atoms with Gasteiger partial charge in [0.1, 0.15) is 12.2 Å². The number of rotatable bonds is 5. The molecule has 8 nitrogen and oxygen atoms in total. The SMILES string of the molecule is CC(C)(C)OC(=O)N1CCC(CC(=O)N2CCC(C3CCN(C(=O)OCc4ccccc4)CC3)CC2)CC1. The smallest absolute Gasteiger partial charge is 0.410 e. The molecule has 0 atom stereocenters. The molecule has 38 heavy (non-hydrogen) atoms. The van der Waals surface area contributed by atoms with E-state index in [1.165, 1.54) is 0 Å². The van der Waals surface area contributed by atoms with Crippen molar-refractivity contribution in [2.24, 2.45) is 17.8 Å². The number of hydrogen-bond acceptors (Lipinski definition) is 5. The number of piperidine rings is 3. The number of amides is 3. The van der Waals surface area contributed by atoms with Gasteiger partial charge in [-0.05, 0) is 82.6 Å². The second kappa shape index (κ2) is 12.9. The van der Waals surface area contributed by atoms with Gasteiger partial charge in [0.25, 0.3) is 0 Å². The highest BCUT2D eigenvalue weighted by Gasteiger charge is 2.34. The van der Waals surface area contributed by atoms with Crippen molar-refractivity contribution in [3.8, 4) is 0 Å². The first-order chi connectivity index (χ1) is 18.2. The van der Waals surface area contributed by atoms with E-state index in [-0.39, 0.29) is 18.1 Å². The van der Waals surface area contributed by atoms with Gasteiger partial charge in [-0.15, -0.1) is 0 Å². The Hall–Kier alpha value is -2.77. The van der Waals surface area contributed by atoms with E-state index in [1.54, 1.807) is 4.90 Å². The lowest BCUT2D eigenvalue weighted by molar-refractivity contribution is -0.134. The average Bonchev–Trinajstić information content (AvgIpc) is 2.92. The Bertz CT molecular complexity index is 923. The first-order valence-electron chi connectivity index (χ1n) is 14.4. The first-order valence-corrected chi connectivity index (χ1v) is 14.4. The van der Waals surface area contributed by atoms with E-state index in [0.29, 0.717) is 43.9 Å². The quantitative estimate of drug-likeness (QED) is 0.518. The molecular weight excluding hydrogens is 482 g/mol. The predicted molar refractivity (Wildman–Crippen MR) is 145 cm³/mol. The van der Waals surface area contributed by atoms with Crippen LogP contribution >= 0.6 is 0 Å². The Morgan fingerprint density at radius 1 is 0.737 bits per heavy atom. The molecule has 0 spiro atoms. The lowest BCUT2D eigenvalue weighted by Gasteiger charge is -2.40. The lowest BCUT2D eigenvalue weighted by atomic mass is 9.78. The molecule has 0 N–H and O–H groups in total. The molecule has 3 aliphatic heterocycles. The molecule has 3 fully saturated rings. The van der Waals surface area contributed by atoms with Crippen LogP contribution in [-0.4, -0.2) is 77.7 Å². The zero-order valence-corrected chi connectivity index (χ0v) is 23.4. The van der Waals surface area contributed by atoms with Gasteiger partial charge in [-0.25, -0.2) is 9.59 Å². The van der Waals surface area contributed by atoms with Crippen molar-refractivity contribution in [3.63, 3.8) is 0 Å². The van der Waals surface area contributed by atoms with E-state index >= 15 is 0 Å². The minimum Gasteiger partial charge on any atom is -0.445 e. The highest BCUT2D eigenvalue weighted by Crippen LogP contribution is 2.33. The van der Waals surface area contributed by atoms with Crippen LogP contribution in [0.1, 0.15) is 71.3 Å². The molecule has 3 amide bonds. The number of carbonyl (C=O) groups is 3. The molecule has 1 aromatic carbocycles. The highest BCUT2D eigenvalue weighted by atomic mass is 16.6. The van der Waals surface area contributed by atoms with E-state index in [0.717, 1.165) is 70.3 Å². The van der Waals surface area contributed by atoms with Gasteiger partial charge in [0.15, 0.2) is 0 Å². The first kappa shape index (κ1) is 28.2. The Kier molecular flexibility index (Phi) is 9.55. The third-order valence-corrected chi connectivity index (χ3v) is 8.29. The van der Waals surface area contributed by atoms with Crippen LogP contribution in [0.25, 0.3) is 0 Å². The van der Waals surface area contributed by atoms with Crippen molar-refractivity contribution < 1.29 is 23.9 Å². The van der Waals surface area contributed by atoms with Gasteiger partial charge in [-0.1, -0.05) is 30.3 Å². The van der Waals surface area contributed by atoms with Gasteiger partial charge in [0, 0.05) is 45.7 Å². The van der Waals surface area contributed by atoms with Gasteiger partial charge < -0.3 is 24.2 Å². The molecule has 0 aromatic heterocycles. The molecule has 3 saturated heterocycles. The van der Waals surface area contributed by atoms with E-state index in [2.05, 4.69) is 0 Å². The van der Waals surface area contributed by atoms with Crippen LogP contribution in [0.5, 0.6) is 0 Å². The third-order valence-electron chi connectivity index (χ3n) is 8.29. The summed E-state index contributed by atoms with van der Waals surface area (Å²) in [5, 5.41) is 0. The number of ether oxygens (including phenoxy) is 2. The van der Waals surface area contributed by atoms with Crippen LogP contribution in [0, 0.1) is 17.8 Å². The van der Waals surface area contributed by atoms with Crippen LogP contribution in [0.2, 0.25) is 0 Å². The molecule has 3 heterocycles. The Labute approximate surface area is 227 Å². The summed E-state index contributed by atoms with van der Waals surface area (Å²) in [6.45, 7) is 10.4. The zero-order chi connectivity index (χ0) is 27.1. The predicted octanol–water partition coefficient (Wildman–Crippen LogP) is 5.31. The van der Waals surface area contributed by atoms with Gasteiger partial charge in [0.2, 0.25) is 5.91 Å². The zero-order valence-electron chi connectivity index (χ0n) is 23.4. The van der Waals surface area contributed by atoms with Crippen LogP contribution in [0.4, 0.5) is 9.59 Å². The van der Waals surface area contributed by atoms with Crippen molar-refractivity contribution in [1.29, 1.82) is 0 Å². The molecular formula is C30H45N3O5. The molecule has 1 aromatic rings. The number of nitrogens with zero attached hydrogens (tertiary/aromatic N) is 3. The molecule has 0 unspecified atom stereocenters. The summed E-state index contributed by atoms with van der Waals surface area (Å²) < 4.78 is 11.0. The maximum atomic E-state index is 13.0. The second-order valence-corrected chi connectivity index (χ2v) is 12.2. The summed E-state index contributed by atoms with van der Waals surface area (Å²) in [6.07, 6.45) is 5.93. The summed E-state index contributed by atoms with van der Waals surface area (Å²) in [5.74, 6) is 1.83. The number of benzene rings is 1. The van der Waals surface area contributed by atoms with Crippen molar-refractivity contribution >= 4 is 18.1 Å². The fourth-order valence-electron chi connectivity index (χ4n) is 6.01. The number of likely N-dealkylation sites (tertiary alicyclic amines) is 3. The number of hydrogen-bond donors (Lipinski definition) is 0. The van der Waals surface area contributed by atoms with Gasteiger partial charge >= 0.3 is 12.2 Å². The summed E-state index contributed by atoms with van der Waals surface area (Å²) in [7, 11) is 0. The molecule has 0 bridgehead atoms. The van der Waals surface area contributed by atoms with Crippen LogP contribution in [0.15, 0.2) is 30.3 Å². The van der Waals surface area contributed by atoms with E-state index < -0.39 is 5.60 Å². The summed E-state index contributed by atoms with van der Waals surface area (Å²) in [4.78, 5) is 43.4. The molecule has 0 aliphatic carbocycles. The molecule has 210 valence electrons. The maximum absolute atomic E-state index is 13.0. The average molecular weight is 528 g/mol. The third kappa shape index (κ3) is 8.11. The fraction of sp³-hybridized carbons (Fsp3) is 0.700. The Morgan fingerprint density at radius 3 is 1.79 bits per heavy atom. The summed E-state index contributed by atoms with van der Waals surface area (Å²) >= 11 is 0. The summed E-state index contributed by atoms with van der Waals surface area (Å²) in [5.41, 5.74) is 0.518. The largest absolute Gasteiger partial charge is 0.445 e. The van der Waals surface area contributed by atoms with E-state index in [9.17, 15) is 14.4 Å². The van der Waals surface area contributed by atoms with E-state index in [1.807, 2.05) is 60.9 Å². The molecule has 0 radical (unpaired) electrons. The minimum atomic E-state index is -0.485. The summed E-state index contributed by atoms with van der Waals surface area (Å²) in [6, 6.07) is 9.78. The number of carbonyl (C=O) groups excluding carboxylic acids is 3. The second-order valence-electron chi connectivity index (χ2n) is 12.2. The minimum absolute atomic E-state index is 0.218. The van der Waals surface area contributed by atoms with E-state index in [4.69, 9.17) is 9.47 Å². The van der Waals surface area contributed by atoms with Gasteiger partial charge in [0.05, 0.1) is 0 Å². The molecule has 3 aliphatic rings. The Morgan fingerprint density at radius 2 is 1.24 bits per heavy atom. The topological polar surface area (TPSA) is 79.4 Å². The van der Waals surface area contributed by atoms with Gasteiger partial charge in [-0.3, -0.25) is 4.79 Å². The molecule has 8 heteroatoms. The lowest BCUT2D eigenvalue weighted by Crippen LogP contribution is -2.45. The van der Waals surface area contributed by atoms with Gasteiger partial charge in [-0.2, -0.15) is 0 Å². The van der Waals surface area contributed by atoms with Crippen LogP contribution < -0.4 is 0 Å². The van der Waals surface area contributed by atoms with Crippen molar-refractivity contribution in [1.82, 2.24) is 14.7 Å².